The summed E-state index contributed by atoms with van der Waals surface area (Å²) in [5, 5.41) is 10.6. The first-order chi connectivity index (χ1) is 9.08. The van der Waals surface area contributed by atoms with Gasteiger partial charge in [-0.2, -0.15) is 4.39 Å². The Labute approximate surface area is 114 Å². The number of carbonyl (C=O) groups excluding carboxylic acids is 1. The second-order valence-corrected chi connectivity index (χ2v) is 5.31. The Bertz CT molecular complexity index is 500. The largest absolute Gasteiger partial charge is 0.305 e. The summed E-state index contributed by atoms with van der Waals surface area (Å²) in [6.45, 7) is 1.31. The first kappa shape index (κ1) is 14.0. The molecule has 1 aliphatic rings. The fourth-order valence-corrected chi connectivity index (χ4v) is 2.83. The van der Waals surface area contributed by atoms with Crippen molar-refractivity contribution in [3.63, 3.8) is 0 Å². The van der Waals surface area contributed by atoms with E-state index in [9.17, 15) is 19.3 Å². The van der Waals surface area contributed by atoms with Crippen molar-refractivity contribution in [2.45, 2.75) is 18.6 Å². The highest BCUT2D eigenvalue weighted by atomic mass is 32.2. The molecular formula is C12H13FN2O3S. The first-order valence-corrected chi connectivity index (χ1v) is 6.83. The molecule has 1 saturated heterocycles. The van der Waals surface area contributed by atoms with Crippen LogP contribution >= 0.6 is 11.9 Å². The van der Waals surface area contributed by atoms with Crippen LogP contribution in [0.15, 0.2) is 18.2 Å². The van der Waals surface area contributed by atoms with E-state index < -0.39 is 16.4 Å². The Kier molecular flexibility index (Phi) is 4.49. The second kappa shape index (κ2) is 6.12. The smallest absolute Gasteiger partial charge is 0.300 e. The van der Waals surface area contributed by atoms with E-state index in [1.165, 1.54) is 18.0 Å². The molecular weight excluding hydrogens is 271 g/mol. The zero-order valence-electron chi connectivity index (χ0n) is 10.2. The lowest BCUT2D eigenvalue weighted by Crippen LogP contribution is -2.28. The molecule has 7 heteroatoms. The molecule has 0 amide bonds. The van der Waals surface area contributed by atoms with Crippen molar-refractivity contribution in [1.29, 1.82) is 0 Å². The van der Waals surface area contributed by atoms with E-state index in [1.54, 1.807) is 6.07 Å². The molecule has 1 aliphatic heterocycles. The Morgan fingerprint density at radius 3 is 2.68 bits per heavy atom. The van der Waals surface area contributed by atoms with Crippen LogP contribution in [0, 0.1) is 15.9 Å². The Balaban J connectivity index is 1.98. The van der Waals surface area contributed by atoms with Crippen LogP contribution in [0.3, 0.4) is 0 Å². The van der Waals surface area contributed by atoms with E-state index in [2.05, 4.69) is 0 Å². The molecule has 19 heavy (non-hydrogen) atoms. The van der Waals surface area contributed by atoms with Gasteiger partial charge >= 0.3 is 5.69 Å². The average Bonchev–Trinajstić information content (AvgIpc) is 2.39. The van der Waals surface area contributed by atoms with Crippen LogP contribution in [-0.2, 0) is 10.5 Å². The summed E-state index contributed by atoms with van der Waals surface area (Å²) >= 11 is 1.41. The fourth-order valence-electron chi connectivity index (χ4n) is 1.84. The van der Waals surface area contributed by atoms with Gasteiger partial charge in [0, 0.05) is 43.3 Å². The number of nitro groups is 1. The van der Waals surface area contributed by atoms with Crippen molar-refractivity contribution in [3.8, 4) is 0 Å². The molecule has 0 N–H and O–H groups in total. The lowest BCUT2D eigenvalue weighted by Gasteiger charge is -2.24. The van der Waals surface area contributed by atoms with Gasteiger partial charge in [0.2, 0.25) is 5.82 Å². The molecule has 1 aromatic rings. The van der Waals surface area contributed by atoms with Gasteiger partial charge in [-0.15, -0.1) is 0 Å². The third-order valence-electron chi connectivity index (χ3n) is 2.94. The number of rotatable bonds is 4. The van der Waals surface area contributed by atoms with Crippen LogP contribution in [0.1, 0.15) is 18.4 Å². The van der Waals surface area contributed by atoms with Gasteiger partial charge in [-0.3, -0.25) is 14.9 Å². The topological polar surface area (TPSA) is 63.5 Å². The summed E-state index contributed by atoms with van der Waals surface area (Å²) in [6.07, 6.45) is 1.04. The monoisotopic (exact) mass is 284 g/mol. The van der Waals surface area contributed by atoms with Gasteiger partial charge in [0.05, 0.1) is 4.92 Å². The molecule has 5 nitrogen and oxygen atoms in total. The molecule has 0 radical (unpaired) electrons. The van der Waals surface area contributed by atoms with Crippen LogP contribution in [0.25, 0.3) is 0 Å². The molecule has 0 spiro atoms. The van der Waals surface area contributed by atoms with Crippen LogP contribution in [-0.4, -0.2) is 28.1 Å². The highest BCUT2D eigenvalue weighted by molar-refractivity contribution is 7.96. The molecule has 0 aliphatic carbocycles. The van der Waals surface area contributed by atoms with Crippen LogP contribution in [0.5, 0.6) is 0 Å². The highest BCUT2D eigenvalue weighted by Gasteiger charge is 2.20. The van der Waals surface area contributed by atoms with Gasteiger partial charge < -0.3 is 0 Å². The zero-order valence-corrected chi connectivity index (χ0v) is 11.0. The number of nitro benzene ring substituents is 1. The molecule has 1 aromatic carbocycles. The number of piperidine rings is 1. The van der Waals surface area contributed by atoms with Crippen molar-refractivity contribution in [1.82, 2.24) is 4.31 Å². The van der Waals surface area contributed by atoms with Gasteiger partial charge in [-0.1, -0.05) is 24.1 Å². The second-order valence-electron chi connectivity index (χ2n) is 4.25. The summed E-state index contributed by atoms with van der Waals surface area (Å²) in [5.74, 6) is -0.187. The van der Waals surface area contributed by atoms with E-state index in [-0.39, 0.29) is 5.78 Å². The minimum absolute atomic E-state index is 0.248. The van der Waals surface area contributed by atoms with Crippen molar-refractivity contribution >= 4 is 23.4 Å². The van der Waals surface area contributed by atoms with E-state index in [0.717, 1.165) is 6.07 Å². The van der Waals surface area contributed by atoms with Crippen LogP contribution < -0.4 is 0 Å². The standard InChI is InChI=1S/C12H13FN2O3S/c13-12-9(2-1-3-11(12)15(17)18)8-19-14-6-4-10(16)5-7-14/h1-3H,4-8H2. The van der Waals surface area contributed by atoms with E-state index in [1.807, 2.05) is 4.31 Å². The minimum atomic E-state index is -0.770. The third-order valence-corrected chi connectivity index (χ3v) is 4.11. The number of hydrogen-bond acceptors (Lipinski definition) is 5. The molecule has 1 fully saturated rings. The van der Waals surface area contributed by atoms with Crippen LogP contribution in [0.2, 0.25) is 0 Å². The molecule has 0 saturated carbocycles. The summed E-state index contributed by atoms with van der Waals surface area (Å²) < 4.78 is 15.8. The van der Waals surface area contributed by atoms with Gasteiger partial charge in [0.1, 0.15) is 5.78 Å². The predicted molar refractivity (Wildman–Crippen MR) is 70.2 cm³/mol. The molecule has 0 atom stereocenters. The summed E-state index contributed by atoms with van der Waals surface area (Å²) in [7, 11) is 0. The minimum Gasteiger partial charge on any atom is -0.300 e. The third kappa shape index (κ3) is 3.51. The molecule has 102 valence electrons. The summed E-state index contributed by atoms with van der Waals surface area (Å²) in [6, 6.07) is 4.18. The number of nitrogens with zero attached hydrogens (tertiary/aromatic N) is 2. The number of benzene rings is 1. The quantitative estimate of drug-likeness (QED) is 0.483. The summed E-state index contributed by atoms with van der Waals surface area (Å²) in [5.41, 5.74) is -0.178. The SMILES string of the molecule is O=C1CCN(SCc2cccc([N+](=O)[O-])c2F)CC1. The summed E-state index contributed by atoms with van der Waals surface area (Å²) in [4.78, 5) is 21.0. The number of halogens is 1. The van der Waals surface area contributed by atoms with Crippen LogP contribution in [0.4, 0.5) is 10.1 Å². The average molecular weight is 284 g/mol. The normalized spacial score (nSPS) is 16.6. The number of Topliss-reactive ketones (excluding diaryl/α,β-unsaturated/α-hetero) is 1. The number of hydrogen-bond donors (Lipinski definition) is 0. The van der Waals surface area contributed by atoms with Gasteiger partial charge in [0.25, 0.3) is 0 Å². The number of ketones is 1. The van der Waals surface area contributed by atoms with Crippen molar-refractivity contribution < 1.29 is 14.1 Å². The Morgan fingerprint density at radius 2 is 2.05 bits per heavy atom. The molecule has 1 heterocycles. The number of carbonyl (C=O) groups is 1. The Morgan fingerprint density at radius 1 is 1.37 bits per heavy atom. The maximum Gasteiger partial charge on any atom is 0.305 e. The van der Waals surface area contributed by atoms with Crippen molar-refractivity contribution in [2.75, 3.05) is 13.1 Å². The predicted octanol–water partition coefficient (Wildman–Crippen LogP) is 2.55. The highest BCUT2D eigenvalue weighted by Crippen LogP contribution is 2.26. The van der Waals surface area contributed by atoms with Gasteiger partial charge in [0.15, 0.2) is 0 Å². The Hall–Kier alpha value is -1.47. The zero-order chi connectivity index (χ0) is 13.8. The maximum absolute atomic E-state index is 13.8. The maximum atomic E-state index is 13.8. The van der Waals surface area contributed by atoms with Crippen molar-refractivity contribution in [3.05, 3.63) is 39.7 Å². The lowest BCUT2D eigenvalue weighted by molar-refractivity contribution is -0.387. The van der Waals surface area contributed by atoms with E-state index in [0.29, 0.717) is 37.2 Å². The van der Waals surface area contributed by atoms with Gasteiger partial charge in [-0.25, -0.2) is 4.31 Å². The molecule has 0 unspecified atom stereocenters. The fraction of sp³-hybridized carbons (Fsp3) is 0.417. The molecule has 0 aromatic heterocycles. The van der Waals surface area contributed by atoms with E-state index in [4.69, 9.17) is 0 Å². The lowest BCUT2D eigenvalue weighted by atomic mass is 10.1. The first-order valence-electron chi connectivity index (χ1n) is 5.89. The van der Waals surface area contributed by atoms with Crippen molar-refractivity contribution in [2.24, 2.45) is 0 Å². The van der Waals surface area contributed by atoms with Gasteiger partial charge in [-0.05, 0) is 0 Å². The molecule has 0 bridgehead atoms. The van der Waals surface area contributed by atoms with E-state index >= 15 is 0 Å². The molecule has 2 rings (SSSR count).